The Kier molecular flexibility index (Phi) is 5.69. The molecule has 0 saturated heterocycles. The molecule has 1 saturated carbocycles. The van der Waals surface area contributed by atoms with Crippen molar-refractivity contribution in [2.24, 2.45) is 5.10 Å². The van der Waals surface area contributed by atoms with Gasteiger partial charge in [-0.15, -0.1) is 0 Å². The van der Waals surface area contributed by atoms with Crippen LogP contribution in [-0.4, -0.2) is 23.6 Å². The summed E-state index contributed by atoms with van der Waals surface area (Å²) in [6, 6.07) is 10.4. The highest BCUT2D eigenvalue weighted by molar-refractivity contribution is 6.35. The van der Waals surface area contributed by atoms with Crippen LogP contribution in [0.3, 0.4) is 0 Å². The van der Waals surface area contributed by atoms with Gasteiger partial charge in [-0.3, -0.25) is 9.59 Å². The molecule has 2 rings (SSSR count). The number of carbonyl (C=O) groups is 2. The lowest BCUT2D eigenvalue weighted by atomic mass is 9.83. The normalized spacial score (nSPS) is 18.0. The first kappa shape index (κ1) is 16.2. The maximum absolute atomic E-state index is 11.6. The molecule has 2 N–H and O–H groups in total. The SMILES string of the molecule is CC(C)NC(=O)C(=O)NN=C1CCC(c2ccccc2)CC1. The molecule has 2 amide bonds. The van der Waals surface area contributed by atoms with Gasteiger partial charge >= 0.3 is 11.8 Å². The van der Waals surface area contributed by atoms with Gasteiger partial charge in [0.15, 0.2) is 0 Å². The predicted octanol–water partition coefficient (Wildman–Crippen LogP) is 2.34. The number of nitrogens with zero attached hydrogens (tertiary/aromatic N) is 1. The highest BCUT2D eigenvalue weighted by Gasteiger charge is 2.20. The second-order valence-corrected chi connectivity index (χ2v) is 5.93. The number of hydrogen-bond acceptors (Lipinski definition) is 3. The molecule has 1 aliphatic rings. The van der Waals surface area contributed by atoms with Crippen molar-refractivity contribution in [2.75, 3.05) is 0 Å². The van der Waals surface area contributed by atoms with Crippen molar-refractivity contribution in [3.8, 4) is 0 Å². The van der Waals surface area contributed by atoms with Crippen molar-refractivity contribution in [1.82, 2.24) is 10.7 Å². The Morgan fingerprint density at radius 2 is 1.73 bits per heavy atom. The lowest BCUT2D eigenvalue weighted by molar-refractivity contribution is -0.139. The van der Waals surface area contributed by atoms with Crippen LogP contribution in [0, 0.1) is 0 Å². The van der Waals surface area contributed by atoms with Gasteiger partial charge in [-0.05, 0) is 51.0 Å². The van der Waals surface area contributed by atoms with Crippen LogP contribution in [-0.2, 0) is 9.59 Å². The lowest BCUT2D eigenvalue weighted by Gasteiger charge is -2.23. The fourth-order valence-corrected chi connectivity index (χ4v) is 2.63. The molecule has 118 valence electrons. The molecule has 1 aromatic carbocycles. The first-order valence-corrected chi connectivity index (χ1v) is 7.77. The Labute approximate surface area is 131 Å². The van der Waals surface area contributed by atoms with Crippen LogP contribution in [0.4, 0.5) is 0 Å². The first-order chi connectivity index (χ1) is 10.6. The number of hydrogen-bond donors (Lipinski definition) is 2. The summed E-state index contributed by atoms with van der Waals surface area (Å²) in [6.07, 6.45) is 3.76. The molecular weight excluding hydrogens is 278 g/mol. The molecule has 5 nitrogen and oxygen atoms in total. The highest BCUT2D eigenvalue weighted by Crippen LogP contribution is 2.31. The Bertz CT molecular complexity index is 542. The van der Waals surface area contributed by atoms with Crippen molar-refractivity contribution in [3.05, 3.63) is 35.9 Å². The fourth-order valence-electron chi connectivity index (χ4n) is 2.63. The lowest BCUT2D eigenvalue weighted by Crippen LogP contribution is -2.41. The van der Waals surface area contributed by atoms with E-state index in [0.29, 0.717) is 5.92 Å². The van der Waals surface area contributed by atoms with E-state index in [9.17, 15) is 9.59 Å². The van der Waals surface area contributed by atoms with Gasteiger partial charge in [0.05, 0.1) is 0 Å². The van der Waals surface area contributed by atoms with E-state index < -0.39 is 11.8 Å². The standard InChI is InChI=1S/C17H23N3O2/c1-12(2)18-16(21)17(22)20-19-15-10-8-14(9-11-15)13-6-4-3-5-7-13/h3-7,12,14H,8-11H2,1-2H3,(H,18,21)(H,20,22). The summed E-state index contributed by atoms with van der Waals surface area (Å²) in [6.45, 7) is 3.61. The van der Waals surface area contributed by atoms with E-state index >= 15 is 0 Å². The quantitative estimate of drug-likeness (QED) is 0.664. The minimum absolute atomic E-state index is 0.0628. The van der Waals surface area contributed by atoms with Gasteiger partial charge in [0, 0.05) is 11.8 Å². The Morgan fingerprint density at radius 3 is 2.32 bits per heavy atom. The minimum atomic E-state index is -0.702. The molecule has 0 radical (unpaired) electrons. The highest BCUT2D eigenvalue weighted by atomic mass is 16.2. The van der Waals surface area contributed by atoms with Crippen LogP contribution in [0.15, 0.2) is 35.4 Å². The van der Waals surface area contributed by atoms with Crippen molar-refractivity contribution in [1.29, 1.82) is 0 Å². The largest absolute Gasteiger partial charge is 0.346 e. The number of benzene rings is 1. The number of nitrogens with one attached hydrogen (secondary N) is 2. The Balaban J connectivity index is 1.81. The third kappa shape index (κ3) is 4.69. The van der Waals surface area contributed by atoms with E-state index in [-0.39, 0.29) is 6.04 Å². The molecule has 0 aliphatic heterocycles. The maximum atomic E-state index is 11.6. The first-order valence-electron chi connectivity index (χ1n) is 7.77. The Morgan fingerprint density at radius 1 is 1.09 bits per heavy atom. The van der Waals surface area contributed by atoms with Gasteiger partial charge in [0.25, 0.3) is 0 Å². The Hall–Kier alpha value is -2.17. The summed E-state index contributed by atoms with van der Waals surface area (Å²) in [7, 11) is 0. The van der Waals surface area contributed by atoms with E-state index in [1.807, 2.05) is 19.9 Å². The molecule has 1 aromatic rings. The van der Waals surface area contributed by atoms with Crippen molar-refractivity contribution < 1.29 is 9.59 Å². The summed E-state index contributed by atoms with van der Waals surface area (Å²) in [5, 5.41) is 6.63. The molecule has 5 heteroatoms. The average molecular weight is 301 g/mol. The molecule has 0 bridgehead atoms. The van der Waals surface area contributed by atoms with E-state index in [1.165, 1.54) is 5.56 Å². The van der Waals surface area contributed by atoms with Gasteiger partial charge in [0.1, 0.15) is 0 Å². The molecule has 0 atom stereocenters. The van der Waals surface area contributed by atoms with Crippen LogP contribution in [0.2, 0.25) is 0 Å². The zero-order valence-electron chi connectivity index (χ0n) is 13.1. The number of hydrazone groups is 1. The van der Waals surface area contributed by atoms with Crippen molar-refractivity contribution >= 4 is 17.5 Å². The van der Waals surface area contributed by atoms with Crippen LogP contribution in [0.1, 0.15) is 51.0 Å². The molecule has 0 unspecified atom stereocenters. The van der Waals surface area contributed by atoms with Gasteiger partial charge in [-0.1, -0.05) is 30.3 Å². The molecule has 0 spiro atoms. The van der Waals surface area contributed by atoms with Crippen LogP contribution >= 0.6 is 0 Å². The maximum Gasteiger partial charge on any atom is 0.329 e. The second-order valence-electron chi connectivity index (χ2n) is 5.93. The molecule has 22 heavy (non-hydrogen) atoms. The van der Waals surface area contributed by atoms with Gasteiger partial charge in [-0.2, -0.15) is 5.10 Å². The second kappa shape index (κ2) is 7.73. The molecule has 1 fully saturated rings. The minimum Gasteiger partial charge on any atom is -0.346 e. The van der Waals surface area contributed by atoms with Crippen molar-refractivity contribution in [2.45, 2.75) is 51.5 Å². The molecular formula is C17H23N3O2. The summed E-state index contributed by atoms with van der Waals surface area (Å²) in [4.78, 5) is 23.0. The summed E-state index contributed by atoms with van der Waals surface area (Å²) in [5.74, 6) is -0.788. The van der Waals surface area contributed by atoms with Crippen LogP contribution in [0.25, 0.3) is 0 Å². The van der Waals surface area contributed by atoms with E-state index in [4.69, 9.17) is 0 Å². The van der Waals surface area contributed by atoms with Gasteiger partial charge < -0.3 is 5.32 Å². The van der Waals surface area contributed by atoms with Crippen LogP contribution < -0.4 is 10.7 Å². The third-order valence-electron chi connectivity index (χ3n) is 3.78. The van der Waals surface area contributed by atoms with Gasteiger partial charge in [0.2, 0.25) is 0 Å². The van der Waals surface area contributed by atoms with Crippen molar-refractivity contribution in [3.63, 3.8) is 0 Å². The van der Waals surface area contributed by atoms with E-state index in [2.05, 4.69) is 40.1 Å². The zero-order chi connectivity index (χ0) is 15.9. The number of amides is 2. The van der Waals surface area contributed by atoms with E-state index in [1.54, 1.807) is 0 Å². The average Bonchev–Trinajstić information content (AvgIpc) is 2.53. The number of carbonyl (C=O) groups excluding carboxylic acids is 2. The van der Waals surface area contributed by atoms with E-state index in [0.717, 1.165) is 31.4 Å². The fraction of sp³-hybridized carbons (Fsp3) is 0.471. The molecule has 0 heterocycles. The predicted molar refractivity (Wildman–Crippen MR) is 86.5 cm³/mol. The molecule has 1 aliphatic carbocycles. The number of rotatable bonds is 3. The smallest absolute Gasteiger partial charge is 0.329 e. The van der Waals surface area contributed by atoms with Gasteiger partial charge in [-0.25, -0.2) is 5.43 Å². The zero-order valence-corrected chi connectivity index (χ0v) is 13.1. The molecule has 0 aromatic heterocycles. The summed E-state index contributed by atoms with van der Waals surface area (Å²) in [5.41, 5.74) is 4.67. The third-order valence-corrected chi connectivity index (χ3v) is 3.78. The topological polar surface area (TPSA) is 70.6 Å². The summed E-state index contributed by atoms with van der Waals surface area (Å²) >= 11 is 0. The monoisotopic (exact) mass is 301 g/mol. The summed E-state index contributed by atoms with van der Waals surface area (Å²) < 4.78 is 0. The van der Waals surface area contributed by atoms with Crippen LogP contribution in [0.5, 0.6) is 0 Å².